The number of ether oxygens (including phenoxy) is 1. The van der Waals surface area contributed by atoms with Crippen LogP contribution in [0.25, 0.3) is 6.08 Å². The van der Waals surface area contributed by atoms with Crippen LogP contribution < -0.4 is 9.75 Å². The SMILES string of the molecule is CCOc1cc(C=C2C(=O)N(c3ccc(C)c(Cl)c3)N=C2C)cc(Cl)c1O. The van der Waals surface area contributed by atoms with Crippen LogP contribution in [0.3, 0.4) is 0 Å². The molecule has 1 aliphatic rings. The summed E-state index contributed by atoms with van der Waals surface area (Å²) in [4.78, 5) is 12.9. The van der Waals surface area contributed by atoms with Gasteiger partial charge in [-0.3, -0.25) is 4.79 Å². The molecule has 7 heteroatoms. The molecule has 0 saturated heterocycles. The second kappa shape index (κ2) is 7.62. The number of nitrogens with zero attached hydrogens (tertiary/aromatic N) is 2. The fourth-order valence-corrected chi connectivity index (χ4v) is 3.08. The highest BCUT2D eigenvalue weighted by Gasteiger charge is 2.29. The number of anilines is 1. The molecule has 27 heavy (non-hydrogen) atoms. The first-order valence-corrected chi connectivity index (χ1v) is 9.10. The molecule has 0 unspecified atom stereocenters. The summed E-state index contributed by atoms with van der Waals surface area (Å²) in [6.45, 7) is 5.83. The first-order chi connectivity index (χ1) is 12.8. The fourth-order valence-electron chi connectivity index (χ4n) is 2.68. The zero-order valence-corrected chi connectivity index (χ0v) is 16.6. The summed E-state index contributed by atoms with van der Waals surface area (Å²) in [5.41, 5.74) is 3.14. The molecule has 0 fully saturated rings. The number of phenols is 1. The van der Waals surface area contributed by atoms with Crippen LogP contribution in [0.4, 0.5) is 5.69 Å². The van der Waals surface area contributed by atoms with Crippen molar-refractivity contribution in [1.29, 1.82) is 0 Å². The van der Waals surface area contributed by atoms with Crippen LogP contribution >= 0.6 is 23.2 Å². The van der Waals surface area contributed by atoms with Crippen LogP contribution in [-0.4, -0.2) is 23.3 Å². The summed E-state index contributed by atoms with van der Waals surface area (Å²) in [5, 5.41) is 16.3. The van der Waals surface area contributed by atoms with Crippen molar-refractivity contribution in [1.82, 2.24) is 0 Å². The lowest BCUT2D eigenvalue weighted by Crippen LogP contribution is -2.21. The van der Waals surface area contributed by atoms with Gasteiger partial charge in [0.15, 0.2) is 11.5 Å². The van der Waals surface area contributed by atoms with Gasteiger partial charge in [-0.05, 0) is 62.2 Å². The summed E-state index contributed by atoms with van der Waals surface area (Å²) in [6.07, 6.45) is 1.67. The quantitative estimate of drug-likeness (QED) is 0.711. The number of halogens is 2. The van der Waals surface area contributed by atoms with Gasteiger partial charge in [0.1, 0.15) is 0 Å². The normalized spacial score (nSPS) is 15.4. The Bertz CT molecular complexity index is 983. The molecule has 1 heterocycles. The predicted molar refractivity (Wildman–Crippen MR) is 109 cm³/mol. The van der Waals surface area contributed by atoms with Crippen molar-refractivity contribution in [2.45, 2.75) is 20.8 Å². The molecule has 0 radical (unpaired) electrons. The summed E-state index contributed by atoms with van der Waals surface area (Å²) < 4.78 is 5.39. The molecule has 5 nitrogen and oxygen atoms in total. The first-order valence-electron chi connectivity index (χ1n) is 8.35. The third-order valence-corrected chi connectivity index (χ3v) is 4.82. The van der Waals surface area contributed by atoms with Gasteiger partial charge in [-0.2, -0.15) is 10.1 Å². The number of amides is 1. The molecular formula is C20H18Cl2N2O3. The Morgan fingerprint density at radius 1 is 1.19 bits per heavy atom. The maximum absolute atomic E-state index is 12.9. The smallest absolute Gasteiger partial charge is 0.280 e. The van der Waals surface area contributed by atoms with Crippen LogP contribution in [0.5, 0.6) is 11.5 Å². The zero-order chi connectivity index (χ0) is 19.7. The van der Waals surface area contributed by atoms with Gasteiger partial charge < -0.3 is 9.84 Å². The van der Waals surface area contributed by atoms with E-state index >= 15 is 0 Å². The number of benzene rings is 2. The standard InChI is InChI=1S/C20H18Cl2N2O3/c1-4-27-18-9-13(8-17(22)19(18)25)7-15-12(3)23-24(20(15)26)14-6-5-11(2)16(21)10-14/h5-10,25H,4H2,1-3H3. The third-order valence-electron chi connectivity index (χ3n) is 4.12. The van der Waals surface area contributed by atoms with Gasteiger partial charge in [0.25, 0.3) is 5.91 Å². The molecule has 2 aromatic carbocycles. The van der Waals surface area contributed by atoms with Crippen LogP contribution in [0.15, 0.2) is 41.0 Å². The number of aromatic hydroxyl groups is 1. The number of phenolic OH excluding ortho intramolecular Hbond substituents is 1. The van der Waals surface area contributed by atoms with E-state index in [0.29, 0.717) is 34.2 Å². The lowest BCUT2D eigenvalue weighted by Gasteiger charge is -2.13. The molecular weight excluding hydrogens is 387 g/mol. The molecule has 1 aliphatic heterocycles. The average molecular weight is 405 g/mol. The molecule has 2 aromatic rings. The van der Waals surface area contributed by atoms with E-state index in [1.165, 1.54) is 5.01 Å². The molecule has 0 aromatic heterocycles. The van der Waals surface area contributed by atoms with Gasteiger partial charge in [0.2, 0.25) is 0 Å². The molecule has 0 bridgehead atoms. The number of hydrogen-bond acceptors (Lipinski definition) is 4. The van der Waals surface area contributed by atoms with Gasteiger partial charge in [0, 0.05) is 5.02 Å². The Morgan fingerprint density at radius 2 is 1.93 bits per heavy atom. The molecule has 0 saturated carbocycles. The molecule has 1 amide bonds. The van der Waals surface area contributed by atoms with E-state index in [1.54, 1.807) is 44.2 Å². The number of hydrogen-bond donors (Lipinski definition) is 1. The molecule has 0 spiro atoms. The van der Waals surface area contributed by atoms with E-state index in [4.69, 9.17) is 27.9 Å². The molecule has 140 valence electrons. The Kier molecular flexibility index (Phi) is 5.44. The van der Waals surface area contributed by atoms with Gasteiger partial charge in [-0.25, -0.2) is 0 Å². The zero-order valence-electron chi connectivity index (χ0n) is 15.1. The first kappa shape index (κ1) is 19.3. The number of aryl methyl sites for hydroxylation is 1. The van der Waals surface area contributed by atoms with E-state index in [9.17, 15) is 9.90 Å². The monoisotopic (exact) mass is 404 g/mol. The predicted octanol–water partition coefficient (Wildman–Crippen LogP) is 5.21. The maximum Gasteiger partial charge on any atom is 0.280 e. The highest BCUT2D eigenvalue weighted by molar-refractivity contribution is 6.34. The highest BCUT2D eigenvalue weighted by atomic mass is 35.5. The van der Waals surface area contributed by atoms with Gasteiger partial charge in [-0.1, -0.05) is 29.3 Å². The minimum Gasteiger partial charge on any atom is -0.503 e. The Hall–Kier alpha value is -2.50. The van der Waals surface area contributed by atoms with E-state index in [-0.39, 0.29) is 22.4 Å². The second-order valence-electron chi connectivity index (χ2n) is 6.08. The number of hydrazone groups is 1. The van der Waals surface area contributed by atoms with Gasteiger partial charge >= 0.3 is 0 Å². The topological polar surface area (TPSA) is 62.1 Å². The summed E-state index contributed by atoms with van der Waals surface area (Å²) in [5.74, 6) is -0.131. The summed E-state index contributed by atoms with van der Waals surface area (Å²) >= 11 is 12.2. The van der Waals surface area contributed by atoms with Gasteiger partial charge in [-0.15, -0.1) is 0 Å². The van der Waals surface area contributed by atoms with E-state index < -0.39 is 0 Å². The Morgan fingerprint density at radius 3 is 2.59 bits per heavy atom. The summed E-state index contributed by atoms with van der Waals surface area (Å²) in [7, 11) is 0. The fraction of sp³-hybridized carbons (Fsp3) is 0.200. The van der Waals surface area contributed by atoms with Gasteiger partial charge in [0.05, 0.1) is 28.6 Å². The minimum absolute atomic E-state index is 0.125. The maximum atomic E-state index is 12.9. The van der Waals surface area contributed by atoms with Crippen LogP contribution in [0, 0.1) is 6.92 Å². The van der Waals surface area contributed by atoms with E-state index in [1.807, 2.05) is 13.0 Å². The van der Waals surface area contributed by atoms with Crippen molar-refractivity contribution in [3.05, 3.63) is 57.1 Å². The number of carbonyl (C=O) groups excluding carboxylic acids is 1. The van der Waals surface area contributed by atoms with Crippen molar-refractivity contribution < 1.29 is 14.6 Å². The van der Waals surface area contributed by atoms with Crippen LogP contribution in [0.2, 0.25) is 10.0 Å². The summed E-state index contributed by atoms with van der Waals surface area (Å²) in [6, 6.07) is 8.54. The molecule has 1 N–H and O–H groups in total. The minimum atomic E-state index is -0.269. The van der Waals surface area contributed by atoms with Crippen molar-refractivity contribution in [3.63, 3.8) is 0 Å². The highest BCUT2D eigenvalue weighted by Crippen LogP contribution is 2.36. The molecule has 0 atom stereocenters. The van der Waals surface area contributed by atoms with Crippen molar-refractivity contribution in [2.24, 2.45) is 5.10 Å². The Balaban J connectivity index is 1.97. The second-order valence-corrected chi connectivity index (χ2v) is 6.89. The molecule has 0 aliphatic carbocycles. The van der Waals surface area contributed by atoms with Crippen LogP contribution in [0.1, 0.15) is 25.0 Å². The average Bonchev–Trinajstić information content (AvgIpc) is 2.90. The lowest BCUT2D eigenvalue weighted by molar-refractivity contribution is -0.114. The Labute approximate surface area is 167 Å². The van der Waals surface area contributed by atoms with Crippen LogP contribution in [-0.2, 0) is 4.79 Å². The number of rotatable bonds is 4. The third kappa shape index (κ3) is 3.80. The van der Waals surface area contributed by atoms with E-state index in [2.05, 4.69) is 5.10 Å². The lowest BCUT2D eigenvalue weighted by atomic mass is 10.1. The van der Waals surface area contributed by atoms with E-state index in [0.717, 1.165) is 5.56 Å². The van der Waals surface area contributed by atoms with Crippen molar-refractivity contribution >= 4 is 46.6 Å². The number of carbonyl (C=O) groups is 1. The largest absolute Gasteiger partial charge is 0.503 e. The molecule has 3 rings (SSSR count). The van der Waals surface area contributed by atoms with Crippen molar-refractivity contribution in [2.75, 3.05) is 11.6 Å². The van der Waals surface area contributed by atoms with Crippen molar-refractivity contribution in [3.8, 4) is 11.5 Å².